The van der Waals surface area contributed by atoms with Gasteiger partial charge in [-0.05, 0) is 61.1 Å². The van der Waals surface area contributed by atoms with Crippen molar-refractivity contribution in [2.24, 2.45) is 5.92 Å². The molecule has 0 radical (unpaired) electrons. The van der Waals surface area contributed by atoms with Crippen LogP contribution in [-0.4, -0.2) is 50.3 Å². The van der Waals surface area contributed by atoms with Crippen LogP contribution in [0.5, 0.6) is 0 Å². The van der Waals surface area contributed by atoms with Crippen LogP contribution in [-0.2, 0) is 15.0 Å². The topological polar surface area (TPSA) is 98.1 Å². The Hall–Kier alpha value is -3.08. The van der Waals surface area contributed by atoms with E-state index in [2.05, 4.69) is 73.8 Å². The Balaban J connectivity index is 0.000000243. The standard InChI is InChI=1S/C18H22N2O.C7H15N.C6H8N2O/c1-18(2,3)15-7-9-16(10-8-15)20(4)17(13-21)14-6-5-11-19-12-14;1-8-7-5-3-2-4-6-7;7-2-5-1-6(4-9)8-3-5/h5-13,17H,1-4H3;7-8H,2-6H2,1H3;4-6,8H,1,3H2. The molecule has 1 saturated heterocycles. The van der Waals surface area contributed by atoms with Crippen LogP contribution in [0.1, 0.15) is 76.5 Å². The van der Waals surface area contributed by atoms with Crippen molar-refractivity contribution in [1.82, 2.24) is 15.6 Å². The molecule has 3 unspecified atom stereocenters. The second kappa shape index (κ2) is 16.0. The summed E-state index contributed by atoms with van der Waals surface area (Å²) in [7, 11) is 3.99. The summed E-state index contributed by atoms with van der Waals surface area (Å²) < 4.78 is 0. The van der Waals surface area contributed by atoms with E-state index in [9.17, 15) is 9.59 Å². The zero-order valence-electron chi connectivity index (χ0n) is 23.7. The number of nitrogens with one attached hydrogen (secondary N) is 2. The minimum absolute atomic E-state index is 0.0419. The monoisotopic (exact) mass is 519 g/mol. The molecule has 1 aromatic carbocycles. The van der Waals surface area contributed by atoms with Crippen molar-refractivity contribution in [3.8, 4) is 6.07 Å². The van der Waals surface area contributed by atoms with Gasteiger partial charge in [0.15, 0.2) is 0 Å². The van der Waals surface area contributed by atoms with Gasteiger partial charge in [0.05, 0.1) is 18.0 Å². The Morgan fingerprint density at radius 2 is 1.82 bits per heavy atom. The number of rotatable bonds is 6. The largest absolute Gasteiger partial charge is 0.361 e. The van der Waals surface area contributed by atoms with E-state index in [-0.39, 0.29) is 23.4 Å². The maximum absolute atomic E-state index is 11.5. The number of carbonyl (C=O) groups is 2. The van der Waals surface area contributed by atoms with E-state index in [1.54, 1.807) is 12.4 Å². The van der Waals surface area contributed by atoms with Gasteiger partial charge < -0.3 is 25.1 Å². The maximum Gasteiger partial charge on any atom is 0.147 e. The number of pyridine rings is 1. The Labute approximate surface area is 229 Å². The number of nitrogens with zero attached hydrogens (tertiary/aromatic N) is 3. The lowest BCUT2D eigenvalue weighted by Crippen LogP contribution is -2.26. The van der Waals surface area contributed by atoms with Gasteiger partial charge in [0.1, 0.15) is 18.6 Å². The fourth-order valence-electron chi connectivity index (χ4n) is 4.66. The fraction of sp³-hybridized carbons (Fsp3) is 0.548. The van der Waals surface area contributed by atoms with Gasteiger partial charge in [0.25, 0.3) is 0 Å². The van der Waals surface area contributed by atoms with Crippen LogP contribution in [0.4, 0.5) is 5.69 Å². The van der Waals surface area contributed by atoms with E-state index < -0.39 is 0 Å². The molecule has 1 aliphatic heterocycles. The highest BCUT2D eigenvalue weighted by Gasteiger charge is 2.22. The number of benzene rings is 1. The number of hydrogen-bond acceptors (Lipinski definition) is 7. The summed E-state index contributed by atoms with van der Waals surface area (Å²) in [5.41, 5.74) is 3.33. The van der Waals surface area contributed by atoms with Crippen molar-refractivity contribution >= 4 is 18.3 Å². The summed E-state index contributed by atoms with van der Waals surface area (Å²) in [4.78, 5) is 27.6. The predicted octanol–water partition coefficient (Wildman–Crippen LogP) is 4.98. The van der Waals surface area contributed by atoms with Gasteiger partial charge in [0, 0.05) is 37.7 Å². The molecule has 1 aliphatic carbocycles. The molecule has 2 aromatic rings. The van der Waals surface area contributed by atoms with Crippen LogP contribution in [0.2, 0.25) is 0 Å². The van der Waals surface area contributed by atoms with Gasteiger partial charge >= 0.3 is 0 Å². The lowest BCUT2D eigenvalue weighted by atomic mass is 9.87. The lowest BCUT2D eigenvalue weighted by Gasteiger charge is -2.27. The van der Waals surface area contributed by atoms with Gasteiger partial charge in [-0.1, -0.05) is 58.2 Å². The number of hydrogen-bond donors (Lipinski definition) is 2. The molecule has 0 bridgehead atoms. The number of aldehydes is 2. The Kier molecular flexibility index (Phi) is 13.1. The molecule has 7 nitrogen and oxygen atoms in total. The van der Waals surface area contributed by atoms with E-state index >= 15 is 0 Å². The summed E-state index contributed by atoms with van der Waals surface area (Å²) >= 11 is 0. The number of aromatic nitrogens is 1. The molecule has 2 fully saturated rings. The first-order valence-electron chi connectivity index (χ1n) is 13.7. The molecule has 4 rings (SSSR count). The van der Waals surface area contributed by atoms with Gasteiger partial charge in [0.2, 0.25) is 0 Å². The fourth-order valence-corrected chi connectivity index (χ4v) is 4.66. The smallest absolute Gasteiger partial charge is 0.147 e. The van der Waals surface area contributed by atoms with Crippen molar-refractivity contribution in [2.75, 3.05) is 25.5 Å². The molecule has 7 heteroatoms. The molecule has 38 heavy (non-hydrogen) atoms. The molecule has 2 aliphatic rings. The van der Waals surface area contributed by atoms with Crippen LogP contribution in [0.3, 0.4) is 0 Å². The summed E-state index contributed by atoms with van der Waals surface area (Å²) in [6.45, 7) is 7.24. The minimum Gasteiger partial charge on any atom is -0.361 e. The Bertz CT molecular complexity index is 992. The number of anilines is 1. The average molecular weight is 520 g/mol. The molecule has 3 atom stereocenters. The van der Waals surface area contributed by atoms with Gasteiger partial charge in [-0.15, -0.1) is 0 Å². The number of likely N-dealkylation sites (N-methyl/N-ethyl adjacent to an activating group) is 1. The summed E-state index contributed by atoms with van der Waals surface area (Å²) in [5.74, 6) is 0.0419. The molecular weight excluding hydrogens is 474 g/mol. The van der Waals surface area contributed by atoms with E-state index in [0.29, 0.717) is 13.0 Å². The zero-order valence-corrected chi connectivity index (χ0v) is 23.7. The molecule has 1 saturated carbocycles. The lowest BCUT2D eigenvalue weighted by molar-refractivity contribution is -0.109. The molecule has 0 spiro atoms. The van der Waals surface area contributed by atoms with Crippen LogP contribution < -0.4 is 15.5 Å². The van der Waals surface area contributed by atoms with Gasteiger partial charge in [-0.25, -0.2) is 0 Å². The molecular formula is C31H45N5O2. The van der Waals surface area contributed by atoms with Crippen molar-refractivity contribution in [1.29, 1.82) is 5.26 Å². The SMILES string of the molecule is CN(c1ccc(C(C)(C)C)cc1)C(C=O)c1cccnc1.CNC1CCCCC1.N#CC1CNC(C=O)C1. The Morgan fingerprint density at radius 1 is 1.13 bits per heavy atom. The summed E-state index contributed by atoms with van der Waals surface area (Å²) in [5, 5.41) is 14.6. The first kappa shape index (κ1) is 31.1. The third-order valence-corrected chi connectivity index (χ3v) is 7.24. The second-order valence-electron chi connectivity index (χ2n) is 11.1. The van der Waals surface area contributed by atoms with Crippen LogP contribution >= 0.6 is 0 Å². The third-order valence-electron chi connectivity index (χ3n) is 7.24. The number of carbonyl (C=O) groups excluding carboxylic acids is 2. The number of nitriles is 1. The molecule has 1 aromatic heterocycles. The molecule has 2 N–H and O–H groups in total. The Morgan fingerprint density at radius 3 is 2.24 bits per heavy atom. The summed E-state index contributed by atoms with van der Waals surface area (Å²) in [6.07, 6.45) is 13.1. The van der Waals surface area contributed by atoms with Crippen LogP contribution in [0.15, 0.2) is 48.8 Å². The van der Waals surface area contributed by atoms with Gasteiger partial charge in [-0.3, -0.25) is 4.98 Å². The maximum atomic E-state index is 11.5. The van der Waals surface area contributed by atoms with E-state index in [1.807, 2.05) is 24.1 Å². The first-order valence-corrected chi connectivity index (χ1v) is 13.7. The average Bonchev–Trinajstić information content (AvgIpc) is 3.43. The highest BCUT2D eigenvalue weighted by molar-refractivity contribution is 5.68. The van der Waals surface area contributed by atoms with Crippen molar-refractivity contribution in [2.45, 2.75) is 82.8 Å². The van der Waals surface area contributed by atoms with Crippen LogP contribution in [0.25, 0.3) is 0 Å². The highest BCUT2D eigenvalue weighted by Crippen LogP contribution is 2.28. The van der Waals surface area contributed by atoms with Gasteiger partial charge in [-0.2, -0.15) is 5.26 Å². The van der Waals surface area contributed by atoms with E-state index in [1.165, 1.54) is 37.7 Å². The minimum atomic E-state index is -0.320. The molecule has 2 heterocycles. The highest BCUT2D eigenvalue weighted by atomic mass is 16.1. The van der Waals surface area contributed by atoms with E-state index in [0.717, 1.165) is 29.9 Å². The predicted molar refractivity (Wildman–Crippen MR) is 154 cm³/mol. The van der Waals surface area contributed by atoms with Crippen molar-refractivity contribution < 1.29 is 9.59 Å². The van der Waals surface area contributed by atoms with E-state index in [4.69, 9.17) is 5.26 Å². The second-order valence-corrected chi connectivity index (χ2v) is 11.1. The first-order chi connectivity index (χ1) is 18.2. The normalized spacial score (nSPS) is 20.0. The summed E-state index contributed by atoms with van der Waals surface area (Å²) in [6, 6.07) is 14.7. The van der Waals surface area contributed by atoms with Crippen molar-refractivity contribution in [3.63, 3.8) is 0 Å². The molecule has 0 amide bonds. The quantitative estimate of drug-likeness (QED) is 0.519. The molecule has 206 valence electrons. The van der Waals surface area contributed by atoms with Crippen LogP contribution in [0, 0.1) is 17.2 Å². The third kappa shape index (κ3) is 10.00. The van der Waals surface area contributed by atoms with Crippen molar-refractivity contribution in [3.05, 3.63) is 59.9 Å². The zero-order chi connectivity index (χ0) is 28.0.